The minimum Gasteiger partial charge on any atom is -0.311 e. The SMILES string of the molecule is [C-]#[N+]C(C#N)=c1nc(-c2ccccc2)c(=Cc2ccc(N(c3ccccc3)c3ccccc3)cc2)s1. The molecule has 5 heteroatoms. The first-order valence-electron chi connectivity index (χ1n) is 11.3. The highest BCUT2D eigenvalue weighted by atomic mass is 32.1. The third kappa shape index (κ3) is 4.79. The molecule has 170 valence electrons. The minimum absolute atomic E-state index is 0.00791. The maximum Gasteiger partial charge on any atom is 0.296 e. The van der Waals surface area contributed by atoms with E-state index in [2.05, 4.69) is 69.3 Å². The number of para-hydroxylation sites is 2. The van der Waals surface area contributed by atoms with Crippen LogP contribution in [0.3, 0.4) is 0 Å². The molecule has 0 N–H and O–H groups in total. The van der Waals surface area contributed by atoms with Crippen molar-refractivity contribution in [1.29, 1.82) is 5.26 Å². The molecule has 0 aliphatic heterocycles. The van der Waals surface area contributed by atoms with Crippen molar-refractivity contribution >= 4 is 40.2 Å². The quantitative estimate of drug-likeness (QED) is 0.264. The Morgan fingerprint density at radius 3 is 1.83 bits per heavy atom. The number of benzene rings is 4. The van der Waals surface area contributed by atoms with Crippen LogP contribution in [-0.4, -0.2) is 4.98 Å². The van der Waals surface area contributed by atoms with Gasteiger partial charge in [-0.1, -0.05) is 78.9 Å². The number of aromatic nitrogens is 1. The van der Waals surface area contributed by atoms with Crippen molar-refractivity contribution in [3.63, 3.8) is 0 Å². The summed E-state index contributed by atoms with van der Waals surface area (Å²) >= 11 is 1.36. The summed E-state index contributed by atoms with van der Waals surface area (Å²) in [6.07, 6.45) is 2.06. The average molecular weight is 481 g/mol. The monoisotopic (exact) mass is 480 g/mol. The number of anilines is 3. The summed E-state index contributed by atoms with van der Waals surface area (Å²) in [5.41, 5.74) is 5.94. The van der Waals surface area contributed by atoms with Crippen LogP contribution in [0.15, 0.2) is 115 Å². The summed E-state index contributed by atoms with van der Waals surface area (Å²) in [7, 11) is 0. The molecule has 0 aliphatic carbocycles. The summed E-state index contributed by atoms with van der Waals surface area (Å²) in [4.78, 5) is 10.2. The zero-order chi connectivity index (χ0) is 24.7. The van der Waals surface area contributed by atoms with Gasteiger partial charge in [0.2, 0.25) is 0 Å². The van der Waals surface area contributed by atoms with Gasteiger partial charge < -0.3 is 4.90 Å². The fraction of sp³-hybridized carbons (Fsp3) is 0. The van der Waals surface area contributed by atoms with Crippen molar-refractivity contribution in [3.8, 4) is 17.3 Å². The van der Waals surface area contributed by atoms with Crippen LogP contribution in [0.2, 0.25) is 0 Å². The van der Waals surface area contributed by atoms with E-state index in [1.165, 1.54) is 11.3 Å². The van der Waals surface area contributed by atoms with E-state index in [-0.39, 0.29) is 5.70 Å². The Morgan fingerprint density at radius 2 is 1.31 bits per heavy atom. The van der Waals surface area contributed by atoms with Crippen molar-refractivity contribution in [2.24, 2.45) is 0 Å². The van der Waals surface area contributed by atoms with E-state index in [1.54, 1.807) is 0 Å². The van der Waals surface area contributed by atoms with E-state index in [0.29, 0.717) is 4.66 Å². The number of hydrogen-bond acceptors (Lipinski definition) is 4. The molecular formula is C31H20N4S. The van der Waals surface area contributed by atoms with Crippen LogP contribution in [0.1, 0.15) is 5.56 Å². The molecule has 0 saturated carbocycles. The maximum atomic E-state index is 9.36. The number of nitrogens with zero attached hydrogens (tertiary/aromatic N) is 4. The molecule has 0 aliphatic rings. The topological polar surface area (TPSA) is 44.3 Å². The normalized spacial score (nSPS) is 11.9. The van der Waals surface area contributed by atoms with E-state index in [0.717, 1.165) is 38.4 Å². The molecule has 1 heterocycles. The molecule has 5 aromatic rings. The average Bonchev–Trinajstić information content (AvgIpc) is 3.35. The van der Waals surface area contributed by atoms with E-state index < -0.39 is 0 Å². The second-order valence-electron chi connectivity index (χ2n) is 7.91. The van der Waals surface area contributed by atoms with Crippen molar-refractivity contribution in [1.82, 2.24) is 4.98 Å². The summed E-state index contributed by atoms with van der Waals surface area (Å²) < 4.78 is 1.34. The smallest absolute Gasteiger partial charge is 0.296 e. The molecule has 0 saturated heterocycles. The van der Waals surface area contributed by atoms with Gasteiger partial charge in [-0.15, -0.1) is 11.3 Å². The Bertz CT molecular complexity index is 1620. The summed E-state index contributed by atoms with van der Waals surface area (Å²) in [5.74, 6) is 0. The van der Waals surface area contributed by atoms with Gasteiger partial charge in [-0.05, 0) is 48.0 Å². The van der Waals surface area contributed by atoms with Crippen LogP contribution in [0.25, 0.3) is 27.9 Å². The molecule has 0 atom stereocenters. The lowest BCUT2D eigenvalue weighted by molar-refractivity contribution is 1.28. The Kier molecular flexibility index (Phi) is 6.67. The van der Waals surface area contributed by atoms with Gasteiger partial charge in [-0.2, -0.15) is 0 Å². The fourth-order valence-corrected chi connectivity index (χ4v) is 4.92. The zero-order valence-electron chi connectivity index (χ0n) is 19.2. The maximum absolute atomic E-state index is 9.36. The molecule has 0 fully saturated rings. The molecule has 0 bridgehead atoms. The molecule has 5 rings (SSSR count). The van der Waals surface area contributed by atoms with Gasteiger partial charge in [0.15, 0.2) is 0 Å². The first kappa shape index (κ1) is 22.8. The second-order valence-corrected chi connectivity index (χ2v) is 8.94. The zero-order valence-corrected chi connectivity index (χ0v) is 20.1. The second kappa shape index (κ2) is 10.5. The van der Waals surface area contributed by atoms with E-state index in [4.69, 9.17) is 6.57 Å². The van der Waals surface area contributed by atoms with Gasteiger partial charge in [0.25, 0.3) is 5.70 Å². The third-order valence-corrected chi connectivity index (χ3v) is 6.61. The molecule has 4 aromatic carbocycles. The van der Waals surface area contributed by atoms with Crippen LogP contribution in [0.4, 0.5) is 17.1 Å². The predicted octanol–water partition coefficient (Wildman–Crippen LogP) is 6.66. The summed E-state index contributed by atoms with van der Waals surface area (Å²) in [5, 5.41) is 9.36. The van der Waals surface area contributed by atoms with Gasteiger partial charge >= 0.3 is 0 Å². The first-order chi connectivity index (χ1) is 17.8. The van der Waals surface area contributed by atoms with Crippen molar-refractivity contribution in [2.45, 2.75) is 0 Å². The number of hydrogen-bond donors (Lipinski definition) is 0. The van der Waals surface area contributed by atoms with E-state index in [1.807, 2.05) is 72.8 Å². The van der Waals surface area contributed by atoms with Crippen molar-refractivity contribution in [3.05, 3.63) is 141 Å². The Balaban J connectivity index is 1.60. The molecule has 0 unspecified atom stereocenters. The molecular weight excluding hydrogens is 460 g/mol. The Morgan fingerprint density at radius 1 is 0.778 bits per heavy atom. The van der Waals surface area contributed by atoms with Gasteiger partial charge in [-0.25, -0.2) is 15.1 Å². The lowest BCUT2D eigenvalue weighted by Crippen LogP contribution is -2.09. The Hall–Kier alpha value is -4.97. The van der Waals surface area contributed by atoms with Crippen LogP contribution < -0.4 is 14.1 Å². The number of nitriles is 1. The highest BCUT2D eigenvalue weighted by molar-refractivity contribution is 7.08. The van der Waals surface area contributed by atoms with E-state index >= 15 is 0 Å². The van der Waals surface area contributed by atoms with Crippen LogP contribution in [0, 0.1) is 17.9 Å². The van der Waals surface area contributed by atoms with Crippen molar-refractivity contribution in [2.75, 3.05) is 4.90 Å². The molecule has 1 aromatic heterocycles. The lowest BCUT2D eigenvalue weighted by atomic mass is 10.1. The number of thiazole rings is 1. The summed E-state index contributed by atoms with van der Waals surface area (Å²) in [6, 6.07) is 40.7. The molecule has 36 heavy (non-hydrogen) atoms. The van der Waals surface area contributed by atoms with Gasteiger partial charge in [-0.3, -0.25) is 0 Å². The fourth-order valence-electron chi connectivity index (χ4n) is 3.93. The number of rotatable bonds is 5. The van der Waals surface area contributed by atoms with Gasteiger partial charge in [0.05, 0.1) is 22.9 Å². The largest absolute Gasteiger partial charge is 0.311 e. The highest BCUT2D eigenvalue weighted by Gasteiger charge is 2.12. The lowest BCUT2D eigenvalue weighted by Gasteiger charge is -2.25. The highest BCUT2D eigenvalue weighted by Crippen LogP contribution is 2.34. The molecule has 0 radical (unpaired) electrons. The third-order valence-electron chi connectivity index (χ3n) is 5.60. The van der Waals surface area contributed by atoms with Crippen LogP contribution in [-0.2, 0) is 0 Å². The minimum atomic E-state index is 0.00791. The van der Waals surface area contributed by atoms with Gasteiger partial charge in [0.1, 0.15) is 4.66 Å². The molecule has 4 nitrogen and oxygen atoms in total. The van der Waals surface area contributed by atoms with Crippen LogP contribution in [0.5, 0.6) is 0 Å². The molecule has 0 amide bonds. The van der Waals surface area contributed by atoms with Gasteiger partial charge in [0, 0.05) is 22.6 Å². The summed E-state index contributed by atoms with van der Waals surface area (Å²) in [6.45, 7) is 7.33. The predicted molar refractivity (Wildman–Crippen MR) is 147 cm³/mol. The standard InChI is InChI=1S/C31H20N4S/c1-33-28(22-32)31-34-30(24-11-5-2-6-12-24)29(36-31)21-23-17-19-27(20-18-23)35(25-13-7-3-8-14-25)26-15-9-4-10-16-26/h2-21H. The first-order valence-corrected chi connectivity index (χ1v) is 12.1. The van der Waals surface area contributed by atoms with Crippen molar-refractivity contribution < 1.29 is 0 Å². The Labute approximate surface area is 213 Å². The molecule has 0 spiro atoms. The van der Waals surface area contributed by atoms with E-state index in [9.17, 15) is 5.26 Å². The van der Waals surface area contributed by atoms with Crippen LogP contribution >= 0.6 is 11.3 Å².